The SMILES string of the molecule is CCN1C(=O)/C(=C/c2ccc([N+](=O)[O-])cc2)S/C1=N/S(=O)(=O)c1cccs1. The average Bonchev–Trinajstić information content (AvgIpc) is 3.25. The molecule has 140 valence electrons. The van der Waals surface area contributed by atoms with Crippen molar-refractivity contribution in [2.24, 2.45) is 4.40 Å². The van der Waals surface area contributed by atoms with Gasteiger partial charge in [0, 0.05) is 18.7 Å². The van der Waals surface area contributed by atoms with E-state index < -0.39 is 14.9 Å². The molecule has 0 aliphatic carbocycles. The van der Waals surface area contributed by atoms with Crippen LogP contribution in [0.5, 0.6) is 0 Å². The van der Waals surface area contributed by atoms with Crippen LogP contribution in [0.1, 0.15) is 12.5 Å². The Morgan fingerprint density at radius 1 is 1.26 bits per heavy atom. The van der Waals surface area contributed by atoms with Crippen molar-refractivity contribution in [1.82, 2.24) is 4.90 Å². The van der Waals surface area contributed by atoms with E-state index in [2.05, 4.69) is 4.40 Å². The molecular weight excluding hydrogens is 410 g/mol. The van der Waals surface area contributed by atoms with Crippen molar-refractivity contribution in [2.75, 3.05) is 6.54 Å². The van der Waals surface area contributed by atoms with Crippen LogP contribution in [0.4, 0.5) is 5.69 Å². The summed E-state index contributed by atoms with van der Waals surface area (Å²) in [6.45, 7) is 1.99. The van der Waals surface area contributed by atoms with E-state index in [0.717, 1.165) is 23.1 Å². The maximum Gasteiger partial charge on any atom is 0.294 e. The first-order valence-corrected chi connectivity index (χ1v) is 10.8. The summed E-state index contributed by atoms with van der Waals surface area (Å²) in [5, 5.41) is 12.4. The quantitative estimate of drug-likeness (QED) is 0.414. The van der Waals surface area contributed by atoms with Crippen molar-refractivity contribution < 1.29 is 18.1 Å². The summed E-state index contributed by atoms with van der Waals surface area (Å²) >= 11 is 2.01. The van der Waals surface area contributed by atoms with Gasteiger partial charge in [-0.2, -0.15) is 8.42 Å². The molecule has 0 atom stereocenters. The molecule has 1 fully saturated rings. The lowest BCUT2D eigenvalue weighted by Crippen LogP contribution is -2.29. The van der Waals surface area contributed by atoms with Gasteiger partial charge in [-0.3, -0.25) is 19.8 Å². The fourth-order valence-electron chi connectivity index (χ4n) is 2.26. The fourth-order valence-corrected chi connectivity index (χ4v) is 5.47. The number of nitro groups is 1. The van der Waals surface area contributed by atoms with Gasteiger partial charge in [-0.1, -0.05) is 6.07 Å². The highest BCUT2D eigenvalue weighted by atomic mass is 32.2. The highest BCUT2D eigenvalue weighted by Crippen LogP contribution is 2.34. The molecular formula is C16H13N3O5S3. The topological polar surface area (TPSA) is 110 Å². The lowest BCUT2D eigenvalue weighted by atomic mass is 10.2. The first kappa shape index (κ1) is 19.3. The van der Waals surface area contributed by atoms with Gasteiger partial charge in [-0.15, -0.1) is 15.7 Å². The number of benzene rings is 1. The van der Waals surface area contributed by atoms with E-state index in [4.69, 9.17) is 0 Å². The van der Waals surface area contributed by atoms with Crippen LogP contribution in [-0.4, -0.2) is 35.9 Å². The molecule has 0 N–H and O–H groups in total. The van der Waals surface area contributed by atoms with Crippen molar-refractivity contribution >= 4 is 56.0 Å². The van der Waals surface area contributed by atoms with E-state index in [1.54, 1.807) is 24.4 Å². The Morgan fingerprint density at radius 2 is 1.96 bits per heavy atom. The molecule has 8 nitrogen and oxygen atoms in total. The second kappa shape index (κ2) is 7.62. The predicted octanol–water partition coefficient (Wildman–Crippen LogP) is 3.34. The van der Waals surface area contributed by atoms with E-state index in [-0.39, 0.29) is 27.5 Å². The molecule has 0 unspecified atom stereocenters. The van der Waals surface area contributed by atoms with Gasteiger partial charge < -0.3 is 0 Å². The maximum absolute atomic E-state index is 12.6. The monoisotopic (exact) mass is 423 g/mol. The number of amidine groups is 1. The summed E-state index contributed by atoms with van der Waals surface area (Å²) in [6.07, 6.45) is 1.56. The van der Waals surface area contributed by atoms with Gasteiger partial charge in [0.15, 0.2) is 5.17 Å². The fraction of sp³-hybridized carbons (Fsp3) is 0.125. The normalized spacial score (nSPS) is 17.8. The number of carbonyl (C=O) groups is 1. The number of amides is 1. The van der Waals surface area contributed by atoms with E-state index >= 15 is 0 Å². The Labute approximate surface area is 163 Å². The molecule has 0 spiro atoms. The van der Waals surface area contributed by atoms with E-state index in [9.17, 15) is 23.3 Å². The molecule has 1 aromatic heterocycles. The molecule has 27 heavy (non-hydrogen) atoms. The molecule has 1 aromatic carbocycles. The van der Waals surface area contributed by atoms with Crippen molar-refractivity contribution in [1.29, 1.82) is 0 Å². The molecule has 3 rings (SSSR count). The van der Waals surface area contributed by atoms with Crippen LogP contribution in [-0.2, 0) is 14.8 Å². The van der Waals surface area contributed by atoms with E-state index in [1.807, 2.05) is 0 Å². The van der Waals surface area contributed by atoms with Crippen LogP contribution >= 0.6 is 23.1 Å². The first-order valence-electron chi connectivity index (χ1n) is 7.66. The van der Waals surface area contributed by atoms with Crippen molar-refractivity contribution in [3.05, 3.63) is 62.4 Å². The summed E-state index contributed by atoms with van der Waals surface area (Å²) in [7, 11) is -3.89. The second-order valence-electron chi connectivity index (χ2n) is 5.29. The smallest absolute Gasteiger partial charge is 0.286 e. The molecule has 1 aliphatic heterocycles. The van der Waals surface area contributed by atoms with E-state index in [0.29, 0.717) is 10.5 Å². The zero-order chi connectivity index (χ0) is 19.6. The Bertz CT molecular complexity index is 1040. The number of hydrogen-bond acceptors (Lipinski definition) is 7. The zero-order valence-corrected chi connectivity index (χ0v) is 16.4. The highest BCUT2D eigenvalue weighted by Gasteiger charge is 2.34. The summed E-state index contributed by atoms with van der Waals surface area (Å²) in [5.41, 5.74) is 0.539. The number of non-ortho nitro benzene ring substituents is 1. The number of thioether (sulfide) groups is 1. The summed E-state index contributed by atoms with van der Waals surface area (Å²) < 4.78 is 28.7. The molecule has 2 heterocycles. The van der Waals surface area contributed by atoms with E-state index in [1.165, 1.54) is 35.2 Å². The molecule has 1 aliphatic rings. The molecule has 11 heteroatoms. The number of sulfonamides is 1. The zero-order valence-electron chi connectivity index (χ0n) is 13.9. The first-order chi connectivity index (χ1) is 12.8. The Morgan fingerprint density at radius 3 is 2.52 bits per heavy atom. The van der Waals surface area contributed by atoms with Crippen LogP contribution < -0.4 is 0 Å². The van der Waals surface area contributed by atoms with Gasteiger partial charge in [0.1, 0.15) is 4.21 Å². The van der Waals surface area contributed by atoms with Crippen molar-refractivity contribution in [3.8, 4) is 0 Å². The lowest BCUT2D eigenvalue weighted by Gasteiger charge is -2.11. The van der Waals surface area contributed by atoms with Gasteiger partial charge in [0.2, 0.25) is 0 Å². The number of rotatable bonds is 5. The predicted molar refractivity (Wildman–Crippen MR) is 105 cm³/mol. The Balaban J connectivity index is 1.92. The standard InChI is InChI=1S/C16H13N3O5S3/c1-2-18-15(20)13(10-11-5-7-12(8-6-11)19(21)22)26-16(18)17-27(23,24)14-4-3-9-25-14/h3-10H,2H2,1H3/b13-10-,17-16+. The Kier molecular flexibility index (Phi) is 5.44. The highest BCUT2D eigenvalue weighted by molar-refractivity contribution is 8.19. The Hall–Kier alpha value is -2.50. The summed E-state index contributed by atoms with van der Waals surface area (Å²) in [6, 6.07) is 8.78. The van der Waals surface area contributed by atoms with Crippen LogP contribution in [0.15, 0.2) is 55.3 Å². The summed E-state index contributed by atoms with van der Waals surface area (Å²) in [4.78, 5) is 24.3. The van der Waals surface area contributed by atoms with Crippen LogP contribution in [0.25, 0.3) is 6.08 Å². The molecule has 1 amide bonds. The number of nitro benzene ring substituents is 1. The largest absolute Gasteiger partial charge is 0.294 e. The summed E-state index contributed by atoms with van der Waals surface area (Å²) in [5.74, 6) is -0.360. The minimum Gasteiger partial charge on any atom is -0.286 e. The third-order valence-electron chi connectivity index (χ3n) is 3.55. The van der Waals surface area contributed by atoms with Crippen molar-refractivity contribution in [2.45, 2.75) is 11.1 Å². The number of carbonyl (C=O) groups excluding carboxylic acids is 1. The number of thiophene rings is 1. The minimum absolute atomic E-state index is 0.0537. The maximum atomic E-state index is 12.6. The van der Waals surface area contributed by atoms with Gasteiger partial charge >= 0.3 is 0 Å². The number of nitrogens with zero attached hydrogens (tertiary/aromatic N) is 3. The molecule has 0 saturated carbocycles. The minimum atomic E-state index is -3.89. The van der Waals surface area contributed by atoms with Crippen LogP contribution in [0.3, 0.4) is 0 Å². The third kappa shape index (κ3) is 4.10. The average molecular weight is 423 g/mol. The molecule has 0 bridgehead atoms. The molecule has 1 saturated heterocycles. The second-order valence-corrected chi connectivity index (χ2v) is 9.08. The van der Waals surface area contributed by atoms with Crippen molar-refractivity contribution in [3.63, 3.8) is 0 Å². The van der Waals surface area contributed by atoms with Gasteiger partial charge in [-0.25, -0.2) is 0 Å². The lowest BCUT2D eigenvalue weighted by molar-refractivity contribution is -0.384. The van der Waals surface area contributed by atoms with Gasteiger partial charge in [0.05, 0.1) is 9.83 Å². The molecule has 2 aromatic rings. The van der Waals surface area contributed by atoms with Gasteiger partial charge in [0.25, 0.3) is 21.6 Å². The number of hydrogen-bond donors (Lipinski definition) is 0. The molecule has 0 radical (unpaired) electrons. The third-order valence-corrected chi connectivity index (χ3v) is 7.32. The van der Waals surface area contributed by atoms with Gasteiger partial charge in [-0.05, 0) is 53.9 Å². The van der Waals surface area contributed by atoms with Crippen LogP contribution in [0.2, 0.25) is 0 Å². The van der Waals surface area contributed by atoms with Crippen LogP contribution in [0, 0.1) is 10.1 Å². The number of likely N-dealkylation sites (N-methyl/N-ethyl adjacent to an activating group) is 1.